The van der Waals surface area contributed by atoms with Gasteiger partial charge in [-0.25, -0.2) is 4.79 Å². The molecule has 1 aliphatic rings. The van der Waals surface area contributed by atoms with Crippen molar-refractivity contribution in [3.63, 3.8) is 0 Å². The van der Waals surface area contributed by atoms with E-state index in [0.29, 0.717) is 22.9 Å². The molecule has 0 saturated heterocycles. The third-order valence-electron chi connectivity index (χ3n) is 4.97. The van der Waals surface area contributed by atoms with Crippen LogP contribution in [0.25, 0.3) is 0 Å². The molecule has 2 aromatic carbocycles. The van der Waals surface area contributed by atoms with E-state index >= 15 is 0 Å². The molecule has 0 unspecified atom stereocenters. The van der Waals surface area contributed by atoms with Crippen LogP contribution in [0.4, 0.5) is 5.69 Å². The largest absolute Gasteiger partial charge is 0.490 e. The molecule has 6 heteroatoms. The Morgan fingerprint density at radius 2 is 1.64 bits per heavy atom. The molecule has 2 aromatic rings. The second-order valence-corrected chi connectivity index (χ2v) is 7.47. The Kier molecular flexibility index (Phi) is 6.93. The number of methoxy groups -OCH3 is 1. The number of carbonyl (C=O) groups is 2. The van der Waals surface area contributed by atoms with Crippen LogP contribution >= 0.6 is 11.6 Å². The Bertz CT molecular complexity index is 796. The molecule has 1 amide bonds. The summed E-state index contributed by atoms with van der Waals surface area (Å²) in [5.74, 6) is 0.791. The van der Waals surface area contributed by atoms with E-state index < -0.39 is 0 Å². The van der Waals surface area contributed by atoms with Gasteiger partial charge in [0.25, 0.3) is 0 Å². The molecule has 1 fully saturated rings. The fourth-order valence-corrected chi connectivity index (χ4v) is 3.57. The van der Waals surface area contributed by atoms with Gasteiger partial charge in [0.1, 0.15) is 5.75 Å². The van der Waals surface area contributed by atoms with E-state index in [9.17, 15) is 9.59 Å². The SMILES string of the molecule is COC(=O)c1ccc(OC2CCC(CC(=O)Nc3ccc(Cl)cc3)CC2)cc1. The number of halogens is 1. The van der Waals surface area contributed by atoms with Gasteiger partial charge in [-0.3, -0.25) is 4.79 Å². The van der Waals surface area contributed by atoms with E-state index in [1.54, 1.807) is 48.5 Å². The molecule has 0 aliphatic heterocycles. The van der Waals surface area contributed by atoms with Crippen LogP contribution in [0, 0.1) is 5.92 Å². The van der Waals surface area contributed by atoms with Crippen LogP contribution in [0.1, 0.15) is 42.5 Å². The van der Waals surface area contributed by atoms with Crippen LogP contribution in [-0.4, -0.2) is 25.1 Å². The maximum absolute atomic E-state index is 12.2. The van der Waals surface area contributed by atoms with E-state index in [1.165, 1.54) is 7.11 Å². The van der Waals surface area contributed by atoms with Gasteiger partial charge in [0.2, 0.25) is 5.91 Å². The lowest BCUT2D eigenvalue weighted by Crippen LogP contribution is -2.26. The van der Waals surface area contributed by atoms with Crippen LogP contribution < -0.4 is 10.1 Å². The number of nitrogens with one attached hydrogen (secondary N) is 1. The minimum Gasteiger partial charge on any atom is -0.490 e. The van der Waals surface area contributed by atoms with Gasteiger partial charge in [-0.2, -0.15) is 0 Å². The first kappa shape index (κ1) is 20.2. The van der Waals surface area contributed by atoms with E-state index in [4.69, 9.17) is 21.1 Å². The smallest absolute Gasteiger partial charge is 0.337 e. The van der Waals surface area contributed by atoms with E-state index in [0.717, 1.165) is 37.1 Å². The summed E-state index contributed by atoms with van der Waals surface area (Å²) in [6, 6.07) is 14.1. The number of hydrogen-bond donors (Lipinski definition) is 1. The van der Waals surface area contributed by atoms with Gasteiger partial charge in [0.15, 0.2) is 0 Å². The zero-order chi connectivity index (χ0) is 19.9. The number of rotatable bonds is 6. The molecule has 148 valence electrons. The van der Waals surface area contributed by atoms with Crippen molar-refractivity contribution < 1.29 is 19.1 Å². The summed E-state index contributed by atoms with van der Waals surface area (Å²) in [6.45, 7) is 0. The highest BCUT2D eigenvalue weighted by atomic mass is 35.5. The molecular formula is C22H24ClNO4. The first-order valence-corrected chi connectivity index (χ1v) is 9.81. The van der Waals surface area contributed by atoms with Crippen LogP contribution in [0.15, 0.2) is 48.5 Å². The summed E-state index contributed by atoms with van der Waals surface area (Å²) in [5.41, 5.74) is 1.27. The van der Waals surface area contributed by atoms with Crippen LogP contribution in [0.2, 0.25) is 5.02 Å². The normalized spacial score (nSPS) is 18.9. The molecular weight excluding hydrogens is 378 g/mol. The van der Waals surface area contributed by atoms with Gasteiger partial charge in [-0.1, -0.05) is 11.6 Å². The average molecular weight is 402 g/mol. The van der Waals surface area contributed by atoms with Gasteiger partial charge in [0, 0.05) is 17.1 Å². The molecule has 0 heterocycles. The Balaban J connectivity index is 1.42. The van der Waals surface area contributed by atoms with Crippen molar-refractivity contribution in [3.8, 4) is 5.75 Å². The van der Waals surface area contributed by atoms with E-state index in [-0.39, 0.29) is 18.0 Å². The maximum atomic E-state index is 12.2. The number of hydrogen-bond acceptors (Lipinski definition) is 4. The highest BCUT2D eigenvalue weighted by Crippen LogP contribution is 2.30. The lowest BCUT2D eigenvalue weighted by atomic mass is 9.85. The quantitative estimate of drug-likeness (QED) is 0.684. The summed E-state index contributed by atoms with van der Waals surface area (Å²) < 4.78 is 10.7. The first-order chi connectivity index (χ1) is 13.5. The molecule has 0 spiro atoms. The number of ether oxygens (including phenoxy) is 2. The van der Waals surface area contributed by atoms with Crippen LogP contribution in [0.3, 0.4) is 0 Å². The minimum absolute atomic E-state index is 0.0325. The van der Waals surface area contributed by atoms with Crippen molar-refractivity contribution in [3.05, 3.63) is 59.1 Å². The molecule has 5 nitrogen and oxygen atoms in total. The topological polar surface area (TPSA) is 64.6 Å². The Morgan fingerprint density at radius 3 is 2.25 bits per heavy atom. The van der Waals surface area contributed by atoms with Crippen molar-refractivity contribution in [2.24, 2.45) is 5.92 Å². The fraction of sp³-hybridized carbons (Fsp3) is 0.364. The summed E-state index contributed by atoms with van der Waals surface area (Å²) in [4.78, 5) is 23.7. The monoisotopic (exact) mass is 401 g/mol. The van der Waals surface area contributed by atoms with E-state index in [2.05, 4.69) is 5.32 Å². The van der Waals surface area contributed by atoms with Crippen molar-refractivity contribution in [2.75, 3.05) is 12.4 Å². The average Bonchev–Trinajstić information content (AvgIpc) is 2.71. The number of amides is 1. The third kappa shape index (κ3) is 5.73. The second-order valence-electron chi connectivity index (χ2n) is 7.04. The number of carbonyl (C=O) groups excluding carboxylic acids is 2. The summed E-state index contributed by atoms with van der Waals surface area (Å²) in [5, 5.41) is 3.57. The van der Waals surface area contributed by atoms with E-state index in [1.807, 2.05) is 0 Å². The third-order valence-corrected chi connectivity index (χ3v) is 5.23. The number of esters is 1. The minimum atomic E-state index is -0.357. The standard InChI is InChI=1S/C22H24ClNO4/c1-27-22(26)16-4-12-20(13-5-16)28-19-10-2-15(3-11-19)14-21(25)24-18-8-6-17(23)7-9-18/h4-9,12-13,15,19H,2-3,10-11,14H2,1H3,(H,24,25). The van der Waals surface area contributed by atoms with Gasteiger partial charge in [-0.05, 0) is 80.1 Å². The first-order valence-electron chi connectivity index (χ1n) is 9.44. The predicted molar refractivity (Wildman–Crippen MR) is 109 cm³/mol. The zero-order valence-electron chi connectivity index (χ0n) is 15.8. The van der Waals surface area contributed by atoms with Gasteiger partial charge in [0.05, 0.1) is 18.8 Å². The molecule has 0 aromatic heterocycles. The zero-order valence-corrected chi connectivity index (χ0v) is 16.6. The summed E-state index contributed by atoms with van der Waals surface area (Å²) in [7, 11) is 1.36. The molecule has 0 atom stereocenters. The van der Waals surface area contributed by atoms with Gasteiger partial charge < -0.3 is 14.8 Å². The summed E-state index contributed by atoms with van der Waals surface area (Å²) in [6.07, 6.45) is 4.40. The van der Waals surface area contributed by atoms with Crippen molar-refractivity contribution in [1.82, 2.24) is 0 Å². The molecule has 0 radical (unpaired) electrons. The maximum Gasteiger partial charge on any atom is 0.337 e. The fourth-order valence-electron chi connectivity index (χ4n) is 3.44. The Morgan fingerprint density at radius 1 is 1.00 bits per heavy atom. The van der Waals surface area contributed by atoms with Crippen LogP contribution in [0.5, 0.6) is 5.75 Å². The number of benzene rings is 2. The van der Waals surface area contributed by atoms with Crippen molar-refractivity contribution >= 4 is 29.2 Å². The van der Waals surface area contributed by atoms with Gasteiger partial charge in [-0.15, -0.1) is 0 Å². The molecule has 0 bridgehead atoms. The molecule has 1 N–H and O–H groups in total. The van der Waals surface area contributed by atoms with Crippen molar-refractivity contribution in [1.29, 1.82) is 0 Å². The van der Waals surface area contributed by atoms with Crippen molar-refractivity contribution in [2.45, 2.75) is 38.2 Å². The lowest BCUT2D eigenvalue weighted by Gasteiger charge is -2.28. The van der Waals surface area contributed by atoms with Gasteiger partial charge >= 0.3 is 5.97 Å². The molecule has 1 saturated carbocycles. The molecule has 3 rings (SSSR count). The molecule has 28 heavy (non-hydrogen) atoms. The predicted octanol–water partition coefficient (Wildman–Crippen LogP) is 5.09. The Labute approximate surface area is 170 Å². The molecule has 1 aliphatic carbocycles. The second kappa shape index (κ2) is 9.60. The summed E-state index contributed by atoms with van der Waals surface area (Å²) >= 11 is 5.86. The number of anilines is 1. The van der Waals surface area contributed by atoms with Crippen LogP contribution in [-0.2, 0) is 9.53 Å². The highest BCUT2D eigenvalue weighted by molar-refractivity contribution is 6.30. The highest BCUT2D eigenvalue weighted by Gasteiger charge is 2.24. The Hall–Kier alpha value is -2.53. The lowest BCUT2D eigenvalue weighted by molar-refractivity contribution is -0.117.